The molecule has 28 heavy (non-hydrogen) atoms. The van der Waals surface area contributed by atoms with E-state index in [4.69, 9.17) is 9.47 Å². The van der Waals surface area contributed by atoms with E-state index in [0.29, 0.717) is 5.75 Å². The first kappa shape index (κ1) is 22.3. The van der Waals surface area contributed by atoms with E-state index in [1.165, 1.54) is 46.5 Å². The SMILES string of the molecule is COc1cc(Br)c(S(=O)(=O)Nc2cc(S(=O)(=O)N(C)C)ccc2O)cc1OC. The Morgan fingerprint density at radius 3 is 2.11 bits per heavy atom. The number of halogens is 1. The van der Waals surface area contributed by atoms with Crippen molar-refractivity contribution in [1.82, 2.24) is 4.31 Å². The molecule has 0 fully saturated rings. The molecule has 2 rings (SSSR count). The summed E-state index contributed by atoms with van der Waals surface area (Å²) in [5, 5.41) is 10.0. The monoisotopic (exact) mass is 494 g/mol. The Kier molecular flexibility index (Phi) is 6.48. The predicted molar refractivity (Wildman–Crippen MR) is 107 cm³/mol. The second-order valence-corrected chi connectivity index (χ2v) is 10.4. The average Bonchev–Trinajstić information content (AvgIpc) is 2.62. The molecule has 12 heteroatoms. The van der Waals surface area contributed by atoms with Crippen LogP contribution in [0.1, 0.15) is 0 Å². The number of benzene rings is 2. The van der Waals surface area contributed by atoms with Gasteiger partial charge >= 0.3 is 0 Å². The molecule has 0 aliphatic rings. The number of rotatable bonds is 7. The first-order valence-electron chi connectivity index (χ1n) is 7.64. The van der Waals surface area contributed by atoms with Gasteiger partial charge in [0.15, 0.2) is 11.5 Å². The number of sulfonamides is 2. The summed E-state index contributed by atoms with van der Waals surface area (Å²) in [6, 6.07) is 5.96. The first-order chi connectivity index (χ1) is 12.9. The van der Waals surface area contributed by atoms with E-state index in [-0.39, 0.29) is 25.7 Å². The predicted octanol–water partition coefficient (Wildman–Crippen LogP) is 2.22. The third-order valence-electron chi connectivity index (χ3n) is 3.72. The van der Waals surface area contributed by atoms with E-state index in [2.05, 4.69) is 20.7 Å². The fourth-order valence-electron chi connectivity index (χ4n) is 2.21. The van der Waals surface area contributed by atoms with E-state index in [1.807, 2.05) is 0 Å². The van der Waals surface area contributed by atoms with Crippen LogP contribution in [0.25, 0.3) is 0 Å². The quantitative estimate of drug-likeness (QED) is 0.565. The second-order valence-electron chi connectivity index (χ2n) is 5.71. The largest absolute Gasteiger partial charge is 0.506 e. The molecule has 2 aromatic carbocycles. The summed E-state index contributed by atoms with van der Waals surface area (Å²) < 4.78 is 63.8. The van der Waals surface area contributed by atoms with Gasteiger partial charge in [0.25, 0.3) is 10.0 Å². The molecule has 0 aliphatic heterocycles. The van der Waals surface area contributed by atoms with Crippen LogP contribution in [-0.2, 0) is 20.0 Å². The number of nitrogens with one attached hydrogen (secondary N) is 1. The van der Waals surface area contributed by atoms with Gasteiger partial charge in [0.1, 0.15) is 10.6 Å². The molecular weight excluding hydrogens is 476 g/mol. The lowest BCUT2D eigenvalue weighted by Gasteiger charge is -2.16. The van der Waals surface area contributed by atoms with Crippen LogP contribution < -0.4 is 14.2 Å². The minimum atomic E-state index is -4.21. The van der Waals surface area contributed by atoms with Gasteiger partial charge in [0, 0.05) is 24.6 Å². The standard InChI is InChI=1S/C16H19BrN2O7S2/c1-19(2)28(23,24)10-5-6-13(20)12(7-10)18-27(21,22)16-9-15(26-4)14(25-3)8-11(16)17/h5-9,18,20H,1-4H3. The van der Waals surface area contributed by atoms with Crippen molar-refractivity contribution < 1.29 is 31.4 Å². The molecule has 0 heterocycles. The van der Waals surface area contributed by atoms with Crippen molar-refractivity contribution in [2.45, 2.75) is 9.79 Å². The third kappa shape index (κ3) is 4.35. The fraction of sp³-hybridized carbons (Fsp3) is 0.250. The second kappa shape index (κ2) is 8.15. The molecule has 0 amide bonds. The van der Waals surface area contributed by atoms with Gasteiger partial charge in [-0.3, -0.25) is 4.72 Å². The molecule has 0 unspecified atom stereocenters. The Labute approximate surface area is 172 Å². The van der Waals surface area contributed by atoms with Crippen LogP contribution in [0, 0.1) is 0 Å². The number of phenolic OH excluding ortho intramolecular Hbond substituents is 1. The van der Waals surface area contributed by atoms with Crippen LogP contribution >= 0.6 is 15.9 Å². The highest BCUT2D eigenvalue weighted by atomic mass is 79.9. The van der Waals surface area contributed by atoms with Crippen LogP contribution in [0.15, 0.2) is 44.6 Å². The van der Waals surface area contributed by atoms with Crippen molar-refractivity contribution in [3.8, 4) is 17.2 Å². The molecule has 0 aromatic heterocycles. The lowest BCUT2D eigenvalue weighted by Crippen LogP contribution is -2.22. The molecule has 0 spiro atoms. The highest BCUT2D eigenvalue weighted by molar-refractivity contribution is 9.10. The fourth-order valence-corrected chi connectivity index (χ4v) is 5.24. The average molecular weight is 495 g/mol. The Balaban J connectivity index is 2.54. The number of phenols is 1. The summed E-state index contributed by atoms with van der Waals surface area (Å²) in [4.78, 5) is -0.371. The van der Waals surface area contributed by atoms with Gasteiger partial charge in [0.2, 0.25) is 10.0 Å². The molecule has 0 bridgehead atoms. The molecule has 0 saturated heterocycles. The Hall–Kier alpha value is -2.02. The van der Waals surface area contributed by atoms with E-state index >= 15 is 0 Å². The van der Waals surface area contributed by atoms with Gasteiger partial charge < -0.3 is 14.6 Å². The van der Waals surface area contributed by atoms with Crippen LogP contribution in [-0.4, -0.2) is 54.6 Å². The van der Waals surface area contributed by atoms with Crippen molar-refractivity contribution in [3.63, 3.8) is 0 Å². The van der Waals surface area contributed by atoms with Gasteiger partial charge in [-0.25, -0.2) is 21.1 Å². The number of aromatic hydroxyl groups is 1. The summed E-state index contributed by atoms with van der Waals surface area (Å²) in [6.07, 6.45) is 0. The summed E-state index contributed by atoms with van der Waals surface area (Å²) in [7, 11) is -2.58. The van der Waals surface area contributed by atoms with Gasteiger partial charge in [-0.2, -0.15) is 0 Å². The summed E-state index contributed by atoms with van der Waals surface area (Å²) in [5.74, 6) is 0.0624. The van der Waals surface area contributed by atoms with Gasteiger partial charge in [-0.1, -0.05) is 0 Å². The van der Waals surface area contributed by atoms with E-state index in [9.17, 15) is 21.9 Å². The smallest absolute Gasteiger partial charge is 0.263 e. The number of methoxy groups -OCH3 is 2. The maximum absolute atomic E-state index is 12.8. The Morgan fingerprint density at radius 1 is 1.00 bits per heavy atom. The summed E-state index contributed by atoms with van der Waals surface area (Å²) in [5.41, 5.74) is -0.287. The Bertz CT molecular complexity index is 1100. The van der Waals surface area contributed by atoms with Crippen LogP contribution in [0.3, 0.4) is 0 Å². The highest BCUT2D eigenvalue weighted by Gasteiger charge is 2.24. The molecule has 0 atom stereocenters. The lowest BCUT2D eigenvalue weighted by atomic mass is 10.3. The third-order valence-corrected chi connectivity index (χ3v) is 7.85. The molecular formula is C16H19BrN2O7S2. The highest BCUT2D eigenvalue weighted by Crippen LogP contribution is 2.37. The molecule has 0 radical (unpaired) electrons. The van der Waals surface area contributed by atoms with E-state index in [0.717, 1.165) is 16.4 Å². The van der Waals surface area contributed by atoms with E-state index < -0.39 is 25.8 Å². The zero-order valence-electron chi connectivity index (χ0n) is 15.4. The van der Waals surface area contributed by atoms with Crippen molar-refractivity contribution in [2.75, 3.05) is 33.0 Å². The zero-order valence-corrected chi connectivity index (χ0v) is 18.6. The van der Waals surface area contributed by atoms with Crippen LogP contribution in [0.5, 0.6) is 17.2 Å². The van der Waals surface area contributed by atoms with Gasteiger partial charge in [0.05, 0.1) is 24.8 Å². The lowest BCUT2D eigenvalue weighted by molar-refractivity contribution is 0.353. The minimum absolute atomic E-state index is 0.180. The Morgan fingerprint density at radius 2 is 1.57 bits per heavy atom. The van der Waals surface area contributed by atoms with Crippen molar-refractivity contribution in [3.05, 3.63) is 34.8 Å². The summed E-state index contributed by atoms with van der Waals surface area (Å²) >= 11 is 3.16. The molecule has 0 aliphatic carbocycles. The van der Waals surface area contributed by atoms with Gasteiger partial charge in [-0.15, -0.1) is 0 Å². The van der Waals surface area contributed by atoms with Crippen LogP contribution in [0.4, 0.5) is 5.69 Å². The maximum atomic E-state index is 12.8. The number of ether oxygens (including phenoxy) is 2. The van der Waals surface area contributed by atoms with Crippen molar-refractivity contribution in [2.24, 2.45) is 0 Å². The molecule has 2 aromatic rings. The number of nitrogens with zero attached hydrogens (tertiary/aromatic N) is 1. The topological polar surface area (TPSA) is 122 Å². The van der Waals surface area contributed by atoms with Gasteiger partial charge in [-0.05, 0) is 40.2 Å². The van der Waals surface area contributed by atoms with E-state index in [1.54, 1.807) is 0 Å². The normalized spacial score (nSPS) is 12.1. The molecule has 0 saturated carbocycles. The van der Waals surface area contributed by atoms with Crippen molar-refractivity contribution >= 4 is 41.7 Å². The number of hydrogen-bond donors (Lipinski definition) is 2. The number of hydrogen-bond acceptors (Lipinski definition) is 7. The van der Waals surface area contributed by atoms with Crippen LogP contribution in [0.2, 0.25) is 0 Å². The van der Waals surface area contributed by atoms with Crippen molar-refractivity contribution in [1.29, 1.82) is 0 Å². The molecule has 9 nitrogen and oxygen atoms in total. The zero-order chi connectivity index (χ0) is 21.3. The minimum Gasteiger partial charge on any atom is -0.506 e. The first-order valence-corrected chi connectivity index (χ1v) is 11.4. The number of anilines is 1. The summed E-state index contributed by atoms with van der Waals surface area (Å²) in [6.45, 7) is 0. The molecule has 154 valence electrons. The molecule has 2 N–H and O–H groups in total. The maximum Gasteiger partial charge on any atom is 0.263 e.